The van der Waals surface area contributed by atoms with Crippen molar-refractivity contribution in [2.24, 2.45) is 5.92 Å². The molecule has 308 valence electrons. The summed E-state index contributed by atoms with van der Waals surface area (Å²) in [7, 11) is 1.28. The van der Waals surface area contributed by atoms with Crippen LogP contribution in [0.3, 0.4) is 0 Å². The number of hydrogen-bond acceptors (Lipinski definition) is 17. The van der Waals surface area contributed by atoms with Crippen LogP contribution in [0.5, 0.6) is 0 Å². The first-order chi connectivity index (χ1) is 26.2. The standard InChI is InChI=1S/C36H52N2O17/c1-8-26-20(2)28(49-22(4)40)31(33(52-26)46-17-16-45-15-14-38-36(44)48-18-25-12-10-9-11-13-25)54-34-32(51-24(6)42)30(55-35(43)37-7)29(50-23(5)41)27(53-34)19-47-21(3)39/h9-13,20,26-34H,8,14-19H2,1-7H3,(H,37,43)(H,38,44)/t20-,26+,27-,28+,29-,30-,31+,32+,33?,34-/m1/s1. The van der Waals surface area contributed by atoms with Crippen LogP contribution in [0, 0.1) is 5.92 Å². The van der Waals surface area contributed by atoms with Crippen molar-refractivity contribution in [3.63, 3.8) is 0 Å². The van der Waals surface area contributed by atoms with E-state index in [1.807, 2.05) is 37.3 Å². The van der Waals surface area contributed by atoms with Gasteiger partial charge in [-0.2, -0.15) is 0 Å². The molecule has 19 nitrogen and oxygen atoms in total. The fourth-order valence-corrected chi connectivity index (χ4v) is 5.92. The lowest BCUT2D eigenvalue weighted by Gasteiger charge is -2.48. The number of alkyl carbamates (subject to hydrolysis) is 2. The number of nitrogens with one attached hydrogen (secondary N) is 2. The number of amides is 2. The molecule has 0 bridgehead atoms. The Bertz CT molecular complexity index is 1410. The second kappa shape index (κ2) is 22.7. The van der Waals surface area contributed by atoms with E-state index in [1.165, 1.54) is 14.0 Å². The number of esters is 4. The van der Waals surface area contributed by atoms with E-state index in [0.717, 1.165) is 26.3 Å². The summed E-state index contributed by atoms with van der Waals surface area (Å²) in [6.07, 6.45) is -12.6. The highest BCUT2D eigenvalue weighted by Gasteiger charge is 2.56. The molecule has 0 saturated carbocycles. The van der Waals surface area contributed by atoms with Crippen LogP contribution < -0.4 is 10.6 Å². The van der Waals surface area contributed by atoms with Crippen LogP contribution in [0.4, 0.5) is 9.59 Å². The van der Waals surface area contributed by atoms with Crippen LogP contribution in [-0.2, 0) is 77.9 Å². The molecule has 19 heteroatoms. The largest absolute Gasteiger partial charge is 0.463 e. The van der Waals surface area contributed by atoms with Gasteiger partial charge in [0.1, 0.15) is 31.5 Å². The molecule has 2 N–H and O–H groups in total. The second-order valence-corrected chi connectivity index (χ2v) is 12.6. The molecule has 1 aromatic carbocycles. The van der Waals surface area contributed by atoms with Crippen LogP contribution >= 0.6 is 0 Å². The number of carbonyl (C=O) groups excluding carboxylic acids is 6. The van der Waals surface area contributed by atoms with Gasteiger partial charge in [-0.05, 0) is 12.0 Å². The van der Waals surface area contributed by atoms with Gasteiger partial charge in [-0.25, -0.2) is 9.59 Å². The third-order valence-corrected chi connectivity index (χ3v) is 8.33. The molecule has 2 amide bonds. The van der Waals surface area contributed by atoms with E-state index in [-0.39, 0.29) is 33.0 Å². The molecule has 0 aromatic heterocycles. The molecular weight excluding hydrogens is 732 g/mol. The zero-order chi connectivity index (χ0) is 40.5. The lowest BCUT2D eigenvalue weighted by Crippen LogP contribution is -2.66. The van der Waals surface area contributed by atoms with Gasteiger partial charge in [0.05, 0.1) is 25.9 Å². The predicted molar refractivity (Wildman–Crippen MR) is 186 cm³/mol. The Labute approximate surface area is 319 Å². The Hall–Kier alpha value is -4.56. The average Bonchev–Trinajstić information content (AvgIpc) is 3.13. The highest BCUT2D eigenvalue weighted by atomic mass is 16.8. The zero-order valence-electron chi connectivity index (χ0n) is 32.1. The summed E-state index contributed by atoms with van der Waals surface area (Å²) >= 11 is 0. The van der Waals surface area contributed by atoms with Gasteiger partial charge in [0.25, 0.3) is 0 Å². The van der Waals surface area contributed by atoms with Gasteiger partial charge < -0.3 is 62.7 Å². The first kappa shape index (κ1) is 44.8. The van der Waals surface area contributed by atoms with Crippen molar-refractivity contribution in [3.8, 4) is 0 Å². The summed E-state index contributed by atoms with van der Waals surface area (Å²) in [6.45, 7) is 8.13. The number of hydrogen-bond donors (Lipinski definition) is 2. The number of benzene rings is 1. The van der Waals surface area contributed by atoms with Crippen LogP contribution in [0.2, 0.25) is 0 Å². The topological polar surface area (TPSA) is 228 Å². The molecule has 1 aromatic rings. The Morgan fingerprint density at radius 1 is 0.673 bits per heavy atom. The van der Waals surface area contributed by atoms with Crippen LogP contribution in [-0.4, -0.2) is 131 Å². The maximum absolute atomic E-state index is 12.6. The monoisotopic (exact) mass is 784 g/mol. The van der Waals surface area contributed by atoms with E-state index in [4.69, 9.17) is 52.1 Å². The molecular formula is C36H52N2O17. The van der Waals surface area contributed by atoms with E-state index in [1.54, 1.807) is 6.92 Å². The van der Waals surface area contributed by atoms with E-state index in [2.05, 4.69) is 10.6 Å². The minimum atomic E-state index is -1.63. The molecule has 0 aliphatic carbocycles. The lowest BCUT2D eigenvalue weighted by molar-refractivity contribution is -0.362. The minimum Gasteiger partial charge on any atom is -0.463 e. The number of carbonyl (C=O) groups is 6. The van der Waals surface area contributed by atoms with Gasteiger partial charge in [-0.3, -0.25) is 19.2 Å². The van der Waals surface area contributed by atoms with Gasteiger partial charge in [-0.15, -0.1) is 0 Å². The van der Waals surface area contributed by atoms with Crippen molar-refractivity contribution in [2.75, 3.05) is 40.0 Å². The summed E-state index contributed by atoms with van der Waals surface area (Å²) in [5.74, 6) is -3.44. The molecule has 2 aliphatic rings. The Kier molecular flexibility index (Phi) is 18.5. The summed E-state index contributed by atoms with van der Waals surface area (Å²) in [6, 6.07) is 9.21. The molecule has 0 radical (unpaired) electrons. The van der Waals surface area contributed by atoms with Gasteiger partial charge in [0.2, 0.25) is 0 Å². The maximum atomic E-state index is 12.6. The van der Waals surface area contributed by atoms with E-state index >= 15 is 0 Å². The highest BCUT2D eigenvalue weighted by Crippen LogP contribution is 2.37. The quantitative estimate of drug-likeness (QED) is 0.123. The second-order valence-electron chi connectivity index (χ2n) is 12.6. The first-order valence-corrected chi connectivity index (χ1v) is 17.9. The number of ether oxygens (including phenoxy) is 11. The SMILES string of the molecule is CC[C@@H]1OC(OCCOCCNC(=O)OCc2ccccc2)[C@@H](O[C@H]2O[C@H](COC(C)=O)[C@@H](OC(C)=O)[C@@H](OC(=O)NC)[C@@H]2OC(C)=O)[C@@H](OC(C)=O)[C@@H]1C. The van der Waals surface area contributed by atoms with Crippen molar-refractivity contribution in [1.29, 1.82) is 0 Å². The highest BCUT2D eigenvalue weighted by molar-refractivity contribution is 5.69. The predicted octanol–water partition coefficient (Wildman–Crippen LogP) is 1.91. The van der Waals surface area contributed by atoms with Crippen LogP contribution in [0.25, 0.3) is 0 Å². The molecule has 3 rings (SSSR count). The normalized spacial score (nSPS) is 27.5. The van der Waals surface area contributed by atoms with Gasteiger partial charge in [0.15, 0.2) is 30.9 Å². The summed E-state index contributed by atoms with van der Waals surface area (Å²) < 4.78 is 63.2. The van der Waals surface area contributed by atoms with E-state index in [0.29, 0.717) is 6.42 Å². The first-order valence-electron chi connectivity index (χ1n) is 17.9. The van der Waals surface area contributed by atoms with Crippen molar-refractivity contribution in [1.82, 2.24) is 10.6 Å². The molecule has 10 atom stereocenters. The summed E-state index contributed by atoms with van der Waals surface area (Å²) in [5, 5.41) is 4.88. The van der Waals surface area contributed by atoms with Crippen molar-refractivity contribution < 1.29 is 80.9 Å². The summed E-state index contributed by atoms with van der Waals surface area (Å²) in [5.41, 5.74) is 0.843. The fourth-order valence-electron chi connectivity index (χ4n) is 5.92. The van der Waals surface area contributed by atoms with Gasteiger partial charge in [-0.1, -0.05) is 44.2 Å². The molecule has 2 saturated heterocycles. The van der Waals surface area contributed by atoms with Gasteiger partial charge in [0, 0.05) is 47.2 Å². The van der Waals surface area contributed by atoms with E-state index < -0.39 is 104 Å². The average molecular weight is 785 g/mol. The van der Waals surface area contributed by atoms with E-state index in [9.17, 15) is 28.8 Å². The maximum Gasteiger partial charge on any atom is 0.407 e. The molecule has 0 spiro atoms. The Balaban J connectivity index is 1.80. The van der Waals surface area contributed by atoms with Crippen LogP contribution in [0.1, 0.15) is 53.5 Å². The lowest BCUT2D eigenvalue weighted by atomic mass is 9.88. The molecule has 2 heterocycles. The third kappa shape index (κ3) is 14.6. The van der Waals surface area contributed by atoms with Crippen molar-refractivity contribution >= 4 is 36.1 Å². The third-order valence-electron chi connectivity index (χ3n) is 8.33. The zero-order valence-corrected chi connectivity index (χ0v) is 32.1. The Morgan fingerprint density at radius 2 is 1.31 bits per heavy atom. The molecule has 55 heavy (non-hydrogen) atoms. The van der Waals surface area contributed by atoms with Crippen LogP contribution in [0.15, 0.2) is 30.3 Å². The van der Waals surface area contributed by atoms with Crippen molar-refractivity contribution in [3.05, 3.63) is 35.9 Å². The number of rotatable bonds is 18. The van der Waals surface area contributed by atoms with Gasteiger partial charge >= 0.3 is 36.1 Å². The summed E-state index contributed by atoms with van der Waals surface area (Å²) in [4.78, 5) is 73.4. The molecule has 2 aliphatic heterocycles. The smallest absolute Gasteiger partial charge is 0.407 e. The van der Waals surface area contributed by atoms with Crippen molar-refractivity contribution in [2.45, 2.75) is 110 Å². The minimum absolute atomic E-state index is 0.0461. The molecule has 2 fully saturated rings. The molecule has 1 unspecified atom stereocenters. The Morgan fingerprint density at radius 3 is 1.93 bits per heavy atom. The fraction of sp³-hybridized carbons (Fsp3) is 0.667.